The second-order valence-electron chi connectivity index (χ2n) is 6.06. The Kier molecular flexibility index (Phi) is 5.73. The average molecular weight is 293 g/mol. The minimum Gasteiger partial charge on any atom is -0.349 e. The molecule has 118 valence electrons. The van der Waals surface area contributed by atoms with Gasteiger partial charge in [0, 0.05) is 18.5 Å². The largest absolute Gasteiger partial charge is 0.349 e. The lowest BCUT2D eigenvalue weighted by molar-refractivity contribution is -0.126. The van der Waals surface area contributed by atoms with E-state index in [9.17, 15) is 4.79 Å². The highest BCUT2D eigenvalue weighted by molar-refractivity contribution is 5.78. The Morgan fingerprint density at radius 3 is 2.76 bits per heavy atom. The van der Waals surface area contributed by atoms with Crippen LogP contribution in [0.5, 0.6) is 0 Å². The molecule has 21 heavy (non-hydrogen) atoms. The molecule has 1 fully saturated rings. The Bertz CT molecular complexity index is 449. The molecule has 2 heterocycles. The first-order chi connectivity index (χ1) is 10.1. The number of nitrogens with one attached hydrogen (secondary N) is 1. The molecule has 1 aromatic rings. The number of amides is 1. The highest BCUT2D eigenvalue weighted by Crippen LogP contribution is 2.19. The molecule has 2 rings (SSSR count). The molecule has 0 saturated carbocycles. The van der Waals surface area contributed by atoms with Crippen molar-refractivity contribution in [2.75, 3.05) is 13.1 Å². The highest BCUT2D eigenvalue weighted by Gasteiger charge is 2.25. The van der Waals surface area contributed by atoms with Crippen LogP contribution in [0.15, 0.2) is 6.33 Å². The van der Waals surface area contributed by atoms with Crippen molar-refractivity contribution in [3.8, 4) is 0 Å². The number of aromatic nitrogens is 3. The zero-order valence-electron chi connectivity index (χ0n) is 13.4. The van der Waals surface area contributed by atoms with Gasteiger partial charge in [-0.05, 0) is 46.2 Å². The van der Waals surface area contributed by atoms with Crippen LogP contribution in [-0.2, 0) is 17.9 Å². The maximum Gasteiger partial charge on any atom is 0.223 e. The first kappa shape index (κ1) is 15.9. The first-order valence-corrected chi connectivity index (χ1v) is 8.00. The lowest BCUT2D eigenvalue weighted by atomic mass is 9.95. The van der Waals surface area contributed by atoms with Crippen LogP contribution in [0.25, 0.3) is 0 Å². The van der Waals surface area contributed by atoms with Crippen LogP contribution in [0.2, 0.25) is 0 Å². The van der Waals surface area contributed by atoms with Gasteiger partial charge in [0.1, 0.15) is 6.33 Å². The summed E-state index contributed by atoms with van der Waals surface area (Å²) in [6.45, 7) is 9.94. The van der Waals surface area contributed by atoms with Gasteiger partial charge in [-0.15, -0.1) is 10.2 Å². The topological polar surface area (TPSA) is 63.1 Å². The maximum absolute atomic E-state index is 12.3. The first-order valence-electron chi connectivity index (χ1n) is 8.00. The van der Waals surface area contributed by atoms with Crippen molar-refractivity contribution in [1.29, 1.82) is 0 Å². The number of hydrogen-bond donors (Lipinski definition) is 1. The molecule has 1 aliphatic rings. The molecule has 1 saturated heterocycles. The van der Waals surface area contributed by atoms with Crippen molar-refractivity contribution in [3.05, 3.63) is 12.2 Å². The molecule has 1 amide bonds. The number of likely N-dealkylation sites (tertiary alicyclic amines) is 1. The van der Waals surface area contributed by atoms with Crippen LogP contribution in [0.3, 0.4) is 0 Å². The smallest absolute Gasteiger partial charge is 0.223 e. The van der Waals surface area contributed by atoms with Gasteiger partial charge in [-0.1, -0.05) is 6.92 Å². The Balaban J connectivity index is 1.79. The van der Waals surface area contributed by atoms with Gasteiger partial charge in [0.05, 0.1) is 6.54 Å². The van der Waals surface area contributed by atoms with Gasteiger partial charge in [-0.2, -0.15) is 0 Å². The lowest BCUT2D eigenvalue weighted by Crippen LogP contribution is -2.43. The summed E-state index contributed by atoms with van der Waals surface area (Å²) in [5.74, 6) is 1.14. The van der Waals surface area contributed by atoms with Crippen molar-refractivity contribution in [3.63, 3.8) is 0 Å². The van der Waals surface area contributed by atoms with Gasteiger partial charge in [0.25, 0.3) is 0 Å². The minimum atomic E-state index is 0.141. The Labute approximate surface area is 126 Å². The SMILES string of the molecule is CCCn1cnnc1CNC(=O)C1CCN(C(C)C)CC1. The number of carbonyl (C=O) groups excluding carboxylic acids is 1. The highest BCUT2D eigenvalue weighted by atomic mass is 16.1. The van der Waals surface area contributed by atoms with Crippen LogP contribution in [-0.4, -0.2) is 44.7 Å². The Hall–Kier alpha value is -1.43. The van der Waals surface area contributed by atoms with E-state index >= 15 is 0 Å². The predicted molar refractivity (Wildman–Crippen MR) is 81.6 cm³/mol. The van der Waals surface area contributed by atoms with E-state index in [1.54, 1.807) is 6.33 Å². The molecule has 0 spiro atoms. The van der Waals surface area contributed by atoms with Crippen LogP contribution >= 0.6 is 0 Å². The van der Waals surface area contributed by atoms with E-state index < -0.39 is 0 Å². The maximum atomic E-state index is 12.3. The third-order valence-electron chi connectivity index (χ3n) is 4.21. The molecule has 6 nitrogen and oxygen atoms in total. The third-order valence-corrected chi connectivity index (χ3v) is 4.21. The van der Waals surface area contributed by atoms with Crippen LogP contribution < -0.4 is 5.32 Å². The molecular weight excluding hydrogens is 266 g/mol. The molecular formula is C15H27N5O. The van der Waals surface area contributed by atoms with Crippen LogP contribution in [0.1, 0.15) is 45.9 Å². The number of rotatable bonds is 6. The summed E-state index contributed by atoms with van der Waals surface area (Å²) in [5.41, 5.74) is 0. The van der Waals surface area contributed by atoms with Crippen molar-refractivity contribution in [2.24, 2.45) is 5.92 Å². The molecule has 1 N–H and O–H groups in total. The van der Waals surface area contributed by atoms with Gasteiger partial charge < -0.3 is 14.8 Å². The Morgan fingerprint density at radius 2 is 2.14 bits per heavy atom. The van der Waals surface area contributed by atoms with Gasteiger partial charge in [0.15, 0.2) is 5.82 Å². The molecule has 0 atom stereocenters. The molecule has 0 aliphatic carbocycles. The molecule has 0 unspecified atom stereocenters. The van der Waals surface area contributed by atoms with Crippen molar-refractivity contribution < 1.29 is 4.79 Å². The minimum absolute atomic E-state index is 0.141. The van der Waals surface area contributed by atoms with Gasteiger partial charge in [0.2, 0.25) is 5.91 Å². The molecule has 1 aromatic heterocycles. The van der Waals surface area contributed by atoms with E-state index in [0.29, 0.717) is 12.6 Å². The number of piperidine rings is 1. The van der Waals surface area contributed by atoms with Crippen molar-refractivity contribution in [1.82, 2.24) is 25.0 Å². The van der Waals surface area contributed by atoms with E-state index in [1.165, 1.54) is 0 Å². The van der Waals surface area contributed by atoms with E-state index in [1.807, 2.05) is 4.57 Å². The quantitative estimate of drug-likeness (QED) is 0.862. The monoisotopic (exact) mass is 293 g/mol. The van der Waals surface area contributed by atoms with E-state index in [2.05, 4.69) is 41.2 Å². The van der Waals surface area contributed by atoms with Gasteiger partial charge >= 0.3 is 0 Å². The molecule has 1 aliphatic heterocycles. The normalized spacial score (nSPS) is 17.3. The lowest BCUT2D eigenvalue weighted by Gasteiger charge is -2.33. The fourth-order valence-electron chi connectivity index (χ4n) is 2.83. The van der Waals surface area contributed by atoms with Gasteiger partial charge in [-0.3, -0.25) is 4.79 Å². The standard InChI is InChI=1S/C15H27N5O/c1-4-7-20-11-17-18-14(20)10-16-15(21)13-5-8-19(9-6-13)12(2)3/h11-13H,4-10H2,1-3H3,(H,16,21). The Morgan fingerprint density at radius 1 is 1.43 bits per heavy atom. The molecule has 0 bridgehead atoms. The number of carbonyl (C=O) groups is 1. The summed E-state index contributed by atoms with van der Waals surface area (Å²) >= 11 is 0. The fourth-order valence-corrected chi connectivity index (χ4v) is 2.83. The third kappa shape index (κ3) is 4.27. The molecule has 0 radical (unpaired) electrons. The van der Waals surface area contributed by atoms with E-state index in [-0.39, 0.29) is 11.8 Å². The summed E-state index contributed by atoms with van der Waals surface area (Å²) in [5, 5.41) is 11.0. The number of aryl methyl sites for hydroxylation is 1. The van der Waals surface area contributed by atoms with Crippen molar-refractivity contribution in [2.45, 2.75) is 59.2 Å². The predicted octanol–water partition coefficient (Wildman–Crippen LogP) is 1.42. The molecule has 0 aromatic carbocycles. The summed E-state index contributed by atoms with van der Waals surface area (Å²) in [6, 6.07) is 0.571. The second kappa shape index (κ2) is 7.54. The fraction of sp³-hybridized carbons (Fsp3) is 0.800. The zero-order valence-corrected chi connectivity index (χ0v) is 13.4. The number of nitrogens with zero attached hydrogens (tertiary/aromatic N) is 4. The zero-order chi connectivity index (χ0) is 15.2. The summed E-state index contributed by atoms with van der Waals surface area (Å²) in [6.07, 6.45) is 4.66. The van der Waals surface area contributed by atoms with E-state index in [0.717, 1.165) is 44.7 Å². The second-order valence-corrected chi connectivity index (χ2v) is 6.06. The van der Waals surface area contributed by atoms with Crippen molar-refractivity contribution >= 4 is 5.91 Å². The number of hydrogen-bond acceptors (Lipinski definition) is 4. The van der Waals surface area contributed by atoms with Gasteiger partial charge in [-0.25, -0.2) is 0 Å². The summed E-state index contributed by atoms with van der Waals surface area (Å²) < 4.78 is 2.00. The van der Waals surface area contributed by atoms with E-state index in [4.69, 9.17) is 0 Å². The van der Waals surface area contributed by atoms with Crippen LogP contribution in [0, 0.1) is 5.92 Å². The molecule has 6 heteroatoms. The summed E-state index contributed by atoms with van der Waals surface area (Å²) in [7, 11) is 0. The average Bonchev–Trinajstić information content (AvgIpc) is 2.92. The summed E-state index contributed by atoms with van der Waals surface area (Å²) in [4.78, 5) is 14.7. The van der Waals surface area contributed by atoms with Crippen LogP contribution in [0.4, 0.5) is 0 Å².